The van der Waals surface area contributed by atoms with E-state index in [9.17, 15) is 25.4 Å². The maximum Gasteiger partial charge on any atom is 0.316 e. The van der Waals surface area contributed by atoms with Crippen LogP contribution in [0.25, 0.3) is 11.1 Å². The zero-order valence-electron chi connectivity index (χ0n) is 13.4. The molecule has 10 heteroatoms. The number of anilines is 1. The fourth-order valence-corrected chi connectivity index (χ4v) is 2.95. The Morgan fingerprint density at radius 1 is 1.31 bits per heavy atom. The van der Waals surface area contributed by atoms with Gasteiger partial charge in [0.25, 0.3) is 5.69 Å². The van der Waals surface area contributed by atoms with Crippen molar-refractivity contribution < 1.29 is 14.5 Å². The number of non-ortho nitro benzene ring substituents is 1. The average Bonchev–Trinajstić information content (AvgIpc) is 2.65. The molecule has 0 unspecified atom stereocenters. The second kappa shape index (κ2) is 7.96. The highest BCUT2D eigenvalue weighted by Gasteiger charge is 2.21. The van der Waals surface area contributed by atoms with Crippen molar-refractivity contribution in [3.05, 3.63) is 45.5 Å². The van der Waals surface area contributed by atoms with Crippen LogP contribution in [0.3, 0.4) is 0 Å². The van der Waals surface area contributed by atoms with Gasteiger partial charge in [-0.05, 0) is 17.7 Å². The van der Waals surface area contributed by atoms with Crippen LogP contribution in [0.1, 0.15) is 11.1 Å². The number of carbonyl (C=O) groups is 1. The number of hydrogen-bond acceptors (Lipinski definition) is 9. The van der Waals surface area contributed by atoms with Crippen LogP contribution in [0, 0.1) is 32.8 Å². The molecule has 26 heavy (non-hydrogen) atoms. The smallest absolute Gasteiger partial charge is 0.316 e. The van der Waals surface area contributed by atoms with Crippen LogP contribution >= 0.6 is 11.8 Å². The number of carbonyl (C=O) groups excluding carboxylic acids is 1. The van der Waals surface area contributed by atoms with Crippen molar-refractivity contribution in [2.45, 2.75) is 5.03 Å². The first-order valence-corrected chi connectivity index (χ1v) is 7.99. The molecule has 130 valence electrons. The van der Waals surface area contributed by atoms with E-state index in [4.69, 9.17) is 5.73 Å². The van der Waals surface area contributed by atoms with Crippen LogP contribution < -0.4 is 5.73 Å². The Bertz CT molecular complexity index is 961. The number of nitro groups is 1. The molecule has 0 fully saturated rings. The molecule has 0 spiro atoms. The molecule has 2 N–H and O–H groups in total. The van der Waals surface area contributed by atoms with E-state index in [0.717, 1.165) is 11.8 Å². The Balaban J connectivity index is 2.64. The number of nitrogens with two attached hydrogens (primary N) is 1. The van der Waals surface area contributed by atoms with Crippen LogP contribution in [-0.2, 0) is 9.53 Å². The van der Waals surface area contributed by atoms with E-state index >= 15 is 0 Å². The number of esters is 1. The van der Waals surface area contributed by atoms with Gasteiger partial charge in [0, 0.05) is 17.7 Å². The van der Waals surface area contributed by atoms with Crippen LogP contribution in [0.4, 0.5) is 11.5 Å². The zero-order valence-corrected chi connectivity index (χ0v) is 14.2. The van der Waals surface area contributed by atoms with Gasteiger partial charge in [-0.25, -0.2) is 4.98 Å². The van der Waals surface area contributed by atoms with Crippen LogP contribution in [0.15, 0.2) is 29.3 Å². The molecule has 0 aliphatic heterocycles. The van der Waals surface area contributed by atoms with E-state index in [2.05, 4.69) is 9.72 Å². The summed E-state index contributed by atoms with van der Waals surface area (Å²) in [6.45, 7) is 0. The van der Waals surface area contributed by atoms with E-state index < -0.39 is 10.9 Å². The highest BCUT2D eigenvalue weighted by molar-refractivity contribution is 7.99. The van der Waals surface area contributed by atoms with E-state index in [0.29, 0.717) is 5.56 Å². The first-order chi connectivity index (χ1) is 12.4. The van der Waals surface area contributed by atoms with Crippen molar-refractivity contribution in [2.75, 3.05) is 18.6 Å². The number of benzene rings is 1. The lowest BCUT2D eigenvalue weighted by molar-refractivity contribution is -0.384. The summed E-state index contributed by atoms with van der Waals surface area (Å²) < 4.78 is 4.55. The van der Waals surface area contributed by atoms with Crippen molar-refractivity contribution in [1.82, 2.24) is 4.98 Å². The van der Waals surface area contributed by atoms with E-state index in [1.807, 2.05) is 12.1 Å². The Hall–Kier alpha value is -3.63. The average molecular weight is 369 g/mol. The highest BCUT2D eigenvalue weighted by Crippen LogP contribution is 2.36. The first kappa shape index (κ1) is 18.7. The third kappa shape index (κ3) is 3.71. The molecular weight excluding hydrogens is 358 g/mol. The van der Waals surface area contributed by atoms with Crippen molar-refractivity contribution >= 4 is 29.2 Å². The van der Waals surface area contributed by atoms with Crippen LogP contribution in [0.5, 0.6) is 0 Å². The lowest BCUT2D eigenvalue weighted by Crippen LogP contribution is -2.07. The Morgan fingerprint density at radius 2 is 1.92 bits per heavy atom. The number of nitrogen functional groups attached to an aromatic ring is 1. The summed E-state index contributed by atoms with van der Waals surface area (Å²) in [6, 6.07) is 9.23. The predicted octanol–water partition coefficient (Wildman–Crippen LogP) is 2.25. The second-order valence-electron chi connectivity index (χ2n) is 4.82. The molecule has 0 radical (unpaired) electrons. The van der Waals surface area contributed by atoms with Crippen molar-refractivity contribution in [3.8, 4) is 23.3 Å². The normalized spacial score (nSPS) is 9.81. The van der Waals surface area contributed by atoms with E-state index in [1.165, 1.54) is 31.4 Å². The zero-order chi connectivity index (χ0) is 19.3. The van der Waals surface area contributed by atoms with Crippen LogP contribution in [0.2, 0.25) is 0 Å². The third-order valence-electron chi connectivity index (χ3n) is 3.34. The number of nitriles is 2. The molecule has 9 nitrogen and oxygen atoms in total. The summed E-state index contributed by atoms with van der Waals surface area (Å²) in [7, 11) is 1.23. The monoisotopic (exact) mass is 369 g/mol. The molecular formula is C16H11N5O4S. The standard InChI is InChI=1S/C16H11N5O4S/c1-25-13(22)8-26-16-12(7-18)14(11(6-17)15(19)20-16)9-2-4-10(5-3-9)21(23)24/h2-5H,8H2,1H3,(H2,19,20). The number of hydrogen-bond donors (Lipinski definition) is 1. The summed E-state index contributed by atoms with van der Waals surface area (Å²) in [5.74, 6) is -0.712. The lowest BCUT2D eigenvalue weighted by atomic mass is 9.97. The minimum atomic E-state index is -0.557. The Morgan fingerprint density at radius 3 is 2.42 bits per heavy atom. The Labute approximate surface area is 152 Å². The molecule has 1 heterocycles. The molecule has 1 aromatic heterocycles. The van der Waals surface area contributed by atoms with Crippen molar-refractivity contribution in [2.24, 2.45) is 0 Å². The van der Waals surface area contributed by atoms with Crippen molar-refractivity contribution in [1.29, 1.82) is 10.5 Å². The number of pyridine rings is 1. The molecule has 0 bridgehead atoms. The molecule has 0 saturated carbocycles. The van der Waals surface area contributed by atoms with Gasteiger partial charge in [-0.2, -0.15) is 10.5 Å². The van der Waals surface area contributed by atoms with Gasteiger partial charge in [-0.15, -0.1) is 0 Å². The molecule has 2 aromatic rings. The second-order valence-corrected chi connectivity index (χ2v) is 5.78. The summed E-state index contributed by atoms with van der Waals surface area (Å²) >= 11 is 0.949. The van der Waals surface area contributed by atoms with Gasteiger partial charge < -0.3 is 10.5 Å². The van der Waals surface area contributed by atoms with Gasteiger partial charge in [0.15, 0.2) is 0 Å². The summed E-state index contributed by atoms with van der Waals surface area (Å²) in [5, 5.41) is 29.9. The predicted molar refractivity (Wildman–Crippen MR) is 92.9 cm³/mol. The fourth-order valence-electron chi connectivity index (χ4n) is 2.13. The van der Waals surface area contributed by atoms with Crippen LogP contribution in [-0.4, -0.2) is 28.7 Å². The SMILES string of the molecule is COC(=O)CSc1nc(N)c(C#N)c(-c2ccc([N+](=O)[O-])cc2)c1C#N. The maximum atomic E-state index is 11.3. The lowest BCUT2D eigenvalue weighted by Gasteiger charge is -2.12. The molecule has 0 aliphatic carbocycles. The number of rotatable bonds is 5. The number of ether oxygens (including phenoxy) is 1. The molecule has 0 amide bonds. The Kier molecular flexibility index (Phi) is 5.73. The fraction of sp³-hybridized carbons (Fsp3) is 0.125. The minimum absolute atomic E-state index is 0.0159. The molecule has 0 atom stereocenters. The van der Waals surface area contributed by atoms with Gasteiger partial charge in [0.1, 0.15) is 28.5 Å². The number of nitrogens with zero attached hydrogens (tertiary/aromatic N) is 4. The minimum Gasteiger partial charge on any atom is -0.468 e. The number of aromatic nitrogens is 1. The van der Waals surface area contributed by atoms with Gasteiger partial charge >= 0.3 is 5.97 Å². The summed E-state index contributed by atoms with van der Waals surface area (Å²) in [6.07, 6.45) is 0. The quantitative estimate of drug-likeness (QED) is 0.361. The number of methoxy groups -OCH3 is 1. The summed E-state index contributed by atoms with van der Waals surface area (Å²) in [4.78, 5) is 25.6. The topological polar surface area (TPSA) is 156 Å². The first-order valence-electron chi connectivity index (χ1n) is 7.01. The van der Waals surface area contributed by atoms with Gasteiger partial charge in [-0.3, -0.25) is 14.9 Å². The van der Waals surface area contributed by atoms with Crippen molar-refractivity contribution in [3.63, 3.8) is 0 Å². The van der Waals surface area contributed by atoms with E-state index in [1.54, 1.807) is 0 Å². The van der Waals surface area contributed by atoms with Gasteiger partial charge in [0.05, 0.1) is 23.3 Å². The number of nitro benzene ring substituents is 1. The van der Waals surface area contributed by atoms with E-state index in [-0.39, 0.29) is 39.0 Å². The van der Waals surface area contributed by atoms with Gasteiger partial charge in [0.2, 0.25) is 0 Å². The highest BCUT2D eigenvalue weighted by atomic mass is 32.2. The van der Waals surface area contributed by atoms with Gasteiger partial charge in [-0.1, -0.05) is 11.8 Å². The molecule has 0 aliphatic rings. The third-order valence-corrected chi connectivity index (χ3v) is 4.29. The molecule has 1 aromatic carbocycles. The number of thioether (sulfide) groups is 1. The molecule has 2 rings (SSSR count). The maximum absolute atomic E-state index is 11.3. The summed E-state index contributed by atoms with van der Waals surface area (Å²) in [5.41, 5.74) is 6.35. The molecule has 0 saturated heterocycles. The largest absolute Gasteiger partial charge is 0.468 e.